The maximum absolute atomic E-state index is 11.2. The number of rotatable bonds is 2. The van der Waals surface area contributed by atoms with E-state index < -0.39 is 11.7 Å². The predicted octanol–water partition coefficient (Wildman–Crippen LogP) is 1.44. The molecule has 0 saturated carbocycles. The summed E-state index contributed by atoms with van der Waals surface area (Å²) >= 11 is 0. The lowest BCUT2D eigenvalue weighted by molar-refractivity contribution is 0.0697. The third kappa shape index (κ3) is 2.39. The first-order valence-electron chi connectivity index (χ1n) is 4.98. The average Bonchev–Trinajstić information content (AvgIpc) is 2.28. The molecule has 0 aliphatic rings. The second kappa shape index (κ2) is 4.21. The zero-order valence-electron chi connectivity index (χ0n) is 9.10. The van der Waals surface area contributed by atoms with Gasteiger partial charge in [-0.15, -0.1) is 0 Å². The monoisotopic (exact) mass is 230 g/mol. The van der Waals surface area contributed by atoms with Gasteiger partial charge in [-0.25, -0.2) is 9.59 Å². The van der Waals surface area contributed by atoms with Gasteiger partial charge in [-0.2, -0.15) is 4.98 Å². The van der Waals surface area contributed by atoms with Crippen molar-refractivity contribution in [2.45, 2.75) is 6.92 Å². The highest BCUT2D eigenvalue weighted by atomic mass is 16.4. The van der Waals surface area contributed by atoms with E-state index in [9.17, 15) is 9.59 Å². The number of aromatic carboxylic acids is 1. The highest BCUT2D eigenvalue weighted by molar-refractivity contribution is 5.89. The lowest BCUT2D eigenvalue weighted by Gasteiger charge is -2.02. The fourth-order valence-corrected chi connectivity index (χ4v) is 1.54. The normalized spacial score (nSPS) is 10.2. The van der Waals surface area contributed by atoms with Gasteiger partial charge in [0.15, 0.2) is 0 Å². The van der Waals surface area contributed by atoms with Crippen LogP contribution in [0.1, 0.15) is 16.1 Å². The first-order valence-corrected chi connectivity index (χ1v) is 4.98. The summed E-state index contributed by atoms with van der Waals surface area (Å²) in [6, 6.07) is 8.02. The number of nitrogens with one attached hydrogen (secondary N) is 1. The molecule has 2 N–H and O–H groups in total. The molecule has 0 aliphatic heterocycles. The van der Waals surface area contributed by atoms with Gasteiger partial charge < -0.3 is 10.1 Å². The minimum atomic E-state index is -1.01. The van der Waals surface area contributed by atoms with E-state index in [0.29, 0.717) is 17.0 Å². The molecule has 0 aliphatic carbocycles. The van der Waals surface area contributed by atoms with Gasteiger partial charge in [0.1, 0.15) is 0 Å². The molecule has 2 aromatic rings. The average molecular weight is 230 g/mol. The number of aryl methyl sites for hydroxylation is 1. The van der Waals surface area contributed by atoms with Gasteiger partial charge in [0.25, 0.3) is 0 Å². The number of aromatic amines is 1. The molecule has 0 fully saturated rings. The van der Waals surface area contributed by atoms with Crippen LogP contribution in [0.2, 0.25) is 0 Å². The molecule has 0 amide bonds. The zero-order chi connectivity index (χ0) is 12.4. The van der Waals surface area contributed by atoms with Crippen molar-refractivity contribution in [2.24, 2.45) is 0 Å². The van der Waals surface area contributed by atoms with Crippen LogP contribution in [0.25, 0.3) is 11.3 Å². The van der Waals surface area contributed by atoms with Crippen molar-refractivity contribution in [1.82, 2.24) is 9.97 Å². The van der Waals surface area contributed by atoms with Gasteiger partial charge in [-0.3, -0.25) is 0 Å². The zero-order valence-corrected chi connectivity index (χ0v) is 9.10. The summed E-state index contributed by atoms with van der Waals surface area (Å²) in [4.78, 5) is 28.4. The van der Waals surface area contributed by atoms with Crippen molar-refractivity contribution in [1.29, 1.82) is 0 Å². The largest absolute Gasteiger partial charge is 0.478 e. The number of benzene rings is 1. The molecule has 0 atom stereocenters. The minimum absolute atomic E-state index is 0.169. The quantitative estimate of drug-likeness (QED) is 0.817. The summed E-state index contributed by atoms with van der Waals surface area (Å²) in [5.41, 5.74) is 1.48. The van der Waals surface area contributed by atoms with Gasteiger partial charge in [-0.1, -0.05) is 12.1 Å². The Bertz CT molecular complexity index is 632. The van der Waals surface area contributed by atoms with E-state index in [-0.39, 0.29) is 5.56 Å². The van der Waals surface area contributed by atoms with Crippen LogP contribution in [-0.2, 0) is 0 Å². The maximum atomic E-state index is 11.2. The standard InChI is InChI=1S/C12H10N2O3/c1-7-5-10(14-12(17)13-7)8-3-2-4-9(6-8)11(15)16/h2-6H,1H3,(H,15,16)(H,13,14,17). The minimum Gasteiger partial charge on any atom is -0.478 e. The fraction of sp³-hybridized carbons (Fsp3) is 0.0833. The molecule has 86 valence electrons. The van der Waals surface area contributed by atoms with E-state index in [2.05, 4.69) is 9.97 Å². The summed E-state index contributed by atoms with van der Waals surface area (Å²) in [6.07, 6.45) is 0. The summed E-state index contributed by atoms with van der Waals surface area (Å²) in [5, 5.41) is 8.88. The topological polar surface area (TPSA) is 83.0 Å². The second-order valence-corrected chi connectivity index (χ2v) is 3.64. The number of hydrogen-bond acceptors (Lipinski definition) is 3. The molecular weight excluding hydrogens is 220 g/mol. The Morgan fingerprint density at radius 2 is 2.12 bits per heavy atom. The van der Waals surface area contributed by atoms with E-state index in [1.165, 1.54) is 12.1 Å². The lowest BCUT2D eigenvalue weighted by Crippen LogP contribution is -2.12. The van der Waals surface area contributed by atoms with Crippen LogP contribution in [0, 0.1) is 6.92 Å². The number of hydrogen-bond donors (Lipinski definition) is 2. The van der Waals surface area contributed by atoms with E-state index >= 15 is 0 Å². The van der Waals surface area contributed by atoms with Crippen LogP contribution in [-0.4, -0.2) is 21.0 Å². The first kappa shape index (κ1) is 11.1. The molecule has 1 aromatic heterocycles. The van der Waals surface area contributed by atoms with Crippen LogP contribution in [0.5, 0.6) is 0 Å². The van der Waals surface area contributed by atoms with Crippen molar-refractivity contribution in [2.75, 3.05) is 0 Å². The van der Waals surface area contributed by atoms with Crippen molar-refractivity contribution in [3.63, 3.8) is 0 Å². The van der Waals surface area contributed by atoms with Crippen molar-refractivity contribution < 1.29 is 9.90 Å². The van der Waals surface area contributed by atoms with Crippen molar-refractivity contribution in [3.05, 3.63) is 52.1 Å². The number of carboxylic acids is 1. The summed E-state index contributed by atoms with van der Waals surface area (Å²) in [7, 11) is 0. The molecule has 5 nitrogen and oxygen atoms in total. The Morgan fingerprint density at radius 1 is 1.35 bits per heavy atom. The Hall–Kier alpha value is -2.43. The van der Waals surface area contributed by atoms with Crippen LogP contribution >= 0.6 is 0 Å². The van der Waals surface area contributed by atoms with Gasteiger partial charge in [0.2, 0.25) is 0 Å². The Kier molecular flexibility index (Phi) is 2.74. The number of H-pyrrole nitrogens is 1. The maximum Gasteiger partial charge on any atom is 0.345 e. The molecule has 0 spiro atoms. The highest BCUT2D eigenvalue weighted by Crippen LogP contribution is 2.17. The smallest absolute Gasteiger partial charge is 0.345 e. The van der Waals surface area contributed by atoms with E-state index in [4.69, 9.17) is 5.11 Å². The SMILES string of the molecule is Cc1cc(-c2cccc(C(=O)O)c2)nc(=O)[nH]1. The molecule has 0 saturated heterocycles. The predicted molar refractivity (Wildman–Crippen MR) is 62.0 cm³/mol. The van der Waals surface area contributed by atoms with E-state index in [1.807, 2.05) is 0 Å². The van der Waals surface area contributed by atoms with Gasteiger partial charge in [-0.05, 0) is 25.1 Å². The number of carboxylic acid groups (broad SMARTS) is 1. The van der Waals surface area contributed by atoms with Crippen LogP contribution in [0.3, 0.4) is 0 Å². The van der Waals surface area contributed by atoms with Gasteiger partial charge >= 0.3 is 11.7 Å². The third-order valence-corrected chi connectivity index (χ3v) is 2.28. The molecule has 0 unspecified atom stereocenters. The summed E-state index contributed by atoms with van der Waals surface area (Å²) < 4.78 is 0. The lowest BCUT2D eigenvalue weighted by atomic mass is 10.1. The van der Waals surface area contributed by atoms with Gasteiger partial charge in [0, 0.05) is 11.3 Å². The van der Waals surface area contributed by atoms with E-state index in [0.717, 1.165) is 0 Å². The highest BCUT2D eigenvalue weighted by Gasteiger charge is 2.06. The molecule has 0 radical (unpaired) electrons. The molecule has 5 heteroatoms. The third-order valence-electron chi connectivity index (χ3n) is 2.28. The molecule has 0 bridgehead atoms. The Morgan fingerprint density at radius 3 is 2.76 bits per heavy atom. The number of aromatic nitrogens is 2. The molecular formula is C12H10N2O3. The second-order valence-electron chi connectivity index (χ2n) is 3.64. The van der Waals surface area contributed by atoms with Crippen LogP contribution in [0.4, 0.5) is 0 Å². The van der Waals surface area contributed by atoms with Crippen molar-refractivity contribution in [3.8, 4) is 11.3 Å². The number of nitrogens with zero attached hydrogens (tertiary/aromatic N) is 1. The van der Waals surface area contributed by atoms with Crippen LogP contribution < -0.4 is 5.69 Å². The summed E-state index contributed by atoms with van der Waals surface area (Å²) in [6.45, 7) is 1.74. The number of carbonyl (C=O) groups is 1. The fourth-order valence-electron chi connectivity index (χ4n) is 1.54. The first-order chi connectivity index (χ1) is 8.06. The molecule has 1 aromatic carbocycles. The Labute approximate surface area is 96.8 Å². The van der Waals surface area contributed by atoms with Crippen molar-refractivity contribution >= 4 is 5.97 Å². The molecule has 17 heavy (non-hydrogen) atoms. The summed E-state index contributed by atoms with van der Waals surface area (Å²) in [5.74, 6) is -1.01. The Balaban J connectivity index is 2.56. The van der Waals surface area contributed by atoms with Gasteiger partial charge in [0.05, 0.1) is 11.3 Å². The van der Waals surface area contributed by atoms with E-state index in [1.54, 1.807) is 25.1 Å². The van der Waals surface area contributed by atoms with Crippen LogP contribution in [0.15, 0.2) is 35.1 Å². The molecule has 2 rings (SSSR count). The molecule has 1 heterocycles.